The molecule has 4 saturated carbocycles. The first-order chi connectivity index (χ1) is 35.4. The molecule has 4 atom stereocenters. The Morgan fingerprint density at radius 1 is 0.528 bits per heavy atom. The van der Waals surface area contributed by atoms with Gasteiger partial charge in [0.15, 0.2) is 5.75 Å². The molecule has 4 aliphatic heterocycles. The summed E-state index contributed by atoms with van der Waals surface area (Å²) in [6.45, 7) is 0.857. The molecule has 12 rings (SSSR count). The van der Waals surface area contributed by atoms with Gasteiger partial charge in [-0.15, -0.1) is 0 Å². The minimum Gasteiger partial charge on any atom is -0.436 e. The van der Waals surface area contributed by atoms with Crippen molar-refractivity contribution in [3.63, 3.8) is 0 Å². The fourth-order valence-corrected chi connectivity index (χ4v) is 19.5. The number of unbranched alkanes of at least 4 members (excludes halogenated alkanes) is 3. The van der Waals surface area contributed by atoms with Crippen LogP contribution in [-0.4, -0.2) is 85.0 Å². The average Bonchev–Trinajstić information content (AvgIpc) is 3.43. The number of hydrogen-bond donors (Lipinski definition) is 1. The smallest absolute Gasteiger partial charge is 0.436 e. The molecular formula is C58H73N6O6P2+. The van der Waals surface area contributed by atoms with Crippen LogP contribution in [0.2, 0.25) is 0 Å². The van der Waals surface area contributed by atoms with Crippen LogP contribution in [-0.2, 0) is 9.13 Å². The predicted molar refractivity (Wildman–Crippen MR) is 284 cm³/mol. The number of hydroxylamine groups is 2. The minimum absolute atomic E-state index is 0.0110. The second kappa shape index (κ2) is 20.2. The molecule has 4 aromatic rings. The molecule has 4 amide bonds. The van der Waals surface area contributed by atoms with Gasteiger partial charge in [0.1, 0.15) is 5.75 Å². The van der Waals surface area contributed by atoms with Gasteiger partial charge in [0, 0.05) is 47.9 Å². The Morgan fingerprint density at radius 2 is 1.01 bits per heavy atom. The van der Waals surface area contributed by atoms with Gasteiger partial charge in [-0.25, -0.2) is 19.4 Å². The third-order valence-corrected chi connectivity index (χ3v) is 22.6. The number of benzene rings is 4. The molecule has 0 bridgehead atoms. The lowest BCUT2D eigenvalue weighted by Crippen LogP contribution is -2.86. The van der Waals surface area contributed by atoms with Crippen LogP contribution in [0.5, 0.6) is 11.5 Å². The van der Waals surface area contributed by atoms with Crippen LogP contribution in [0.15, 0.2) is 97.1 Å². The lowest BCUT2D eigenvalue weighted by molar-refractivity contribution is -0.273. The van der Waals surface area contributed by atoms with Crippen LogP contribution in [0.3, 0.4) is 0 Å². The van der Waals surface area contributed by atoms with E-state index in [2.05, 4.69) is 28.6 Å². The largest absolute Gasteiger partial charge is 0.450 e. The van der Waals surface area contributed by atoms with Crippen LogP contribution in [0.1, 0.15) is 154 Å². The van der Waals surface area contributed by atoms with E-state index in [1.54, 1.807) is 0 Å². The summed E-state index contributed by atoms with van der Waals surface area (Å²) in [5, 5.41) is 7.54. The first-order valence-electron chi connectivity index (χ1n) is 28.0. The van der Waals surface area contributed by atoms with E-state index >= 15 is 18.7 Å². The van der Waals surface area contributed by atoms with Gasteiger partial charge in [-0.1, -0.05) is 161 Å². The molecule has 4 aromatic carbocycles. The van der Waals surface area contributed by atoms with Crippen LogP contribution in [0.4, 0.5) is 9.59 Å². The molecule has 0 aromatic heterocycles. The number of para-hydroxylation sites is 2. The molecule has 0 radical (unpaired) electrons. The van der Waals surface area contributed by atoms with Crippen molar-refractivity contribution in [2.75, 3.05) is 13.1 Å². The molecule has 4 heterocycles. The lowest BCUT2D eigenvalue weighted by atomic mass is 9.92. The van der Waals surface area contributed by atoms with Crippen molar-refractivity contribution in [2.45, 2.75) is 189 Å². The Balaban J connectivity index is 0.843. The average molecular weight is 1010 g/mol. The molecule has 14 heteroatoms. The first kappa shape index (κ1) is 48.2. The van der Waals surface area contributed by atoms with E-state index in [-0.39, 0.29) is 36.2 Å². The standard InChI is InChI=1S/C58H73N6O6P2/c65-55-60(57(59-43-25-7-3-8-26-43,62(55)44-27-9-4-10-28-44)72(68)54-40-22-18-36-50(54)48-34-16-20-38-52(48)70-72)41-23-1-2-24-42-61-56(66)63(45-29-11-5-12-30-45)58(61)64(46-31-13-6-14-32-46)69-51-37-19-15-33-47(51)49-35-17-21-39-53(49)71(58)67/h15-22,33-40,43-46,59H,1-14,23-32,41-42H2/q+1. The summed E-state index contributed by atoms with van der Waals surface area (Å²) in [7, 11) is -6.17. The number of urea groups is 2. The monoisotopic (exact) mass is 1010 g/mol. The van der Waals surface area contributed by atoms with Gasteiger partial charge in [-0.3, -0.25) is 19.7 Å². The normalized spacial score (nSPS) is 27.9. The zero-order chi connectivity index (χ0) is 48.9. The molecule has 72 heavy (non-hydrogen) atoms. The van der Waals surface area contributed by atoms with E-state index < -0.39 is 26.2 Å². The Kier molecular flexibility index (Phi) is 13.5. The Labute approximate surface area is 427 Å². The minimum atomic E-state index is -3.92. The van der Waals surface area contributed by atoms with Crippen LogP contribution < -0.4 is 25.3 Å². The molecule has 4 unspecified atom stereocenters. The third kappa shape index (κ3) is 7.85. The van der Waals surface area contributed by atoms with Crippen LogP contribution >= 0.6 is 15.2 Å². The van der Waals surface area contributed by atoms with Gasteiger partial charge in [0.25, 0.3) is 5.53 Å². The maximum absolute atomic E-state index is 16.7. The highest BCUT2D eigenvalue weighted by atomic mass is 31.2. The van der Waals surface area contributed by atoms with Crippen molar-refractivity contribution >= 4 is 37.8 Å². The quantitative estimate of drug-likeness (QED) is 0.104. The van der Waals surface area contributed by atoms with Crippen molar-refractivity contribution in [1.82, 2.24) is 30.0 Å². The van der Waals surface area contributed by atoms with Gasteiger partial charge in [-0.05, 0) is 105 Å². The summed E-state index contributed by atoms with van der Waals surface area (Å²) < 4.78 is 39.8. The molecule has 1 spiro atoms. The van der Waals surface area contributed by atoms with E-state index in [1.165, 1.54) is 6.42 Å². The Morgan fingerprint density at radius 3 is 1.67 bits per heavy atom. The fourth-order valence-electron chi connectivity index (χ4n) is 14.2. The van der Waals surface area contributed by atoms with Crippen molar-refractivity contribution < 1.29 is 28.1 Å². The highest BCUT2D eigenvalue weighted by Crippen LogP contribution is 2.68. The van der Waals surface area contributed by atoms with Crippen molar-refractivity contribution in [3.05, 3.63) is 97.1 Å². The number of amides is 4. The summed E-state index contributed by atoms with van der Waals surface area (Å²) in [6, 6.07) is 32.0. The second-order valence-corrected chi connectivity index (χ2v) is 26.1. The maximum atomic E-state index is 16.7. The van der Waals surface area contributed by atoms with Gasteiger partial charge in [0.2, 0.25) is 5.30 Å². The fraction of sp³-hybridized carbons (Fsp3) is 0.552. The summed E-state index contributed by atoms with van der Waals surface area (Å²) in [6.07, 6.45) is 23.4. The number of carbonyl (C=O) groups excluding carboxylic acids is 2. The SMILES string of the molecule is O=C1N(CCCCCCN2C(=O)N(C3CCCCC3)C2(NC2CCCCC2)P2(=O)Oc3ccccc3-c3ccccc32)C2(N(C3CCCCC3)Oc3ccccc3-c3ccccc3[P+]2=O)N1C1CCCCC1. The number of nitrogens with zero attached hydrogens (tertiary/aromatic N) is 5. The number of nitrogens with one attached hydrogen (secondary N) is 1. The van der Waals surface area contributed by atoms with Crippen LogP contribution in [0, 0.1) is 0 Å². The predicted octanol–water partition coefficient (Wildman–Crippen LogP) is 13.3. The van der Waals surface area contributed by atoms with E-state index in [0.717, 1.165) is 168 Å². The Bertz CT molecular complexity index is 2660. The Hall–Kier alpha value is -4.73. The lowest BCUT2D eigenvalue weighted by Gasteiger charge is -2.65. The number of fused-ring (bicyclic) bond motifs is 6. The highest BCUT2D eigenvalue weighted by molar-refractivity contribution is 7.69. The van der Waals surface area contributed by atoms with Crippen molar-refractivity contribution in [2.24, 2.45) is 0 Å². The molecule has 380 valence electrons. The van der Waals surface area contributed by atoms with Gasteiger partial charge >= 0.3 is 32.8 Å². The summed E-state index contributed by atoms with van der Waals surface area (Å²) in [5.41, 5.74) is 1.02. The zero-order valence-corrected chi connectivity index (χ0v) is 43.8. The summed E-state index contributed by atoms with van der Waals surface area (Å²) in [4.78, 5) is 45.1. The number of carbonyl (C=O) groups is 2. The third-order valence-electron chi connectivity index (χ3n) is 17.7. The number of rotatable bonds is 13. The van der Waals surface area contributed by atoms with Gasteiger partial charge in [-0.2, -0.15) is 0 Å². The summed E-state index contributed by atoms with van der Waals surface area (Å²) in [5.74, 6) is 1.32. The van der Waals surface area contributed by atoms with Crippen molar-refractivity contribution in [1.29, 1.82) is 0 Å². The molecule has 4 aliphatic carbocycles. The second-order valence-electron chi connectivity index (χ2n) is 22.0. The summed E-state index contributed by atoms with van der Waals surface area (Å²) >= 11 is 0. The van der Waals surface area contributed by atoms with Crippen LogP contribution in [0.25, 0.3) is 22.3 Å². The van der Waals surface area contributed by atoms with Gasteiger partial charge < -0.3 is 9.36 Å². The van der Waals surface area contributed by atoms with E-state index in [9.17, 15) is 0 Å². The molecule has 8 aliphatic rings. The van der Waals surface area contributed by atoms with E-state index in [0.29, 0.717) is 37.0 Å². The van der Waals surface area contributed by atoms with E-state index in [1.807, 2.05) is 98.5 Å². The van der Waals surface area contributed by atoms with E-state index in [4.69, 9.17) is 9.36 Å². The molecule has 6 fully saturated rings. The number of hydrogen-bond acceptors (Lipinski definition) is 8. The molecule has 12 nitrogen and oxygen atoms in total. The molecule has 1 N–H and O–H groups in total. The molecule has 2 saturated heterocycles. The van der Waals surface area contributed by atoms with Crippen molar-refractivity contribution in [3.8, 4) is 33.8 Å². The maximum Gasteiger partial charge on any atom is 0.450 e. The van der Waals surface area contributed by atoms with Gasteiger partial charge in [0.05, 0.1) is 11.3 Å². The molecular weight excluding hydrogens is 939 g/mol. The highest BCUT2D eigenvalue weighted by Gasteiger charge is 2.79. The zero-order valence-electron chi connectivity index (χ0n) is 42.0. The topological polar surface area (TPSA) is 115 Å². The first-order valence-corrected chi connectivity index (χ1v) is 30.9.